The summed E-state index contributed by atoms with van der Waals surface area (Å²) < 4.78 is 33.1. The van der Waals surface area contributed by atoms with E-state index in [-0.39, 0.29) is 24.0 Å². The lowest BCUT2D eigenvalue weighted by atomic mass is 10.1. The molecule has 1 atom stereocenters. The minimum Gasteiger partial charge on any atom is -0.338 e. The number of pyridine rings is 1. The Bertz CT molecular complexity index is 1250. The third-order valence-electron chi connectivity index (χ3n) is 4.96. The Hall–Kier alpha value is -3.62. The molecule has 1 saturated carbocycles. The number of alkyl halides is 2. The number of halogens is 2. The molecule has 9 heteroatoms. The van der Waals surface area contributed by atoms with Crippen molar-refractivity contribution >= 4 is 17.2 Å². The number of carbonyl (C=O) groups excluding carboxylic acids is 1. The number of nitrogens with one attached hydrogen (secondary N) is 1. The predicted molar refractivity (Wildman–Crippen MR) is 99.9 cm³/mol. The van der Waals surface area contributed by atoms with Crippen molar-refractivity contribution in [2.45, 2.75) is 25.2 Å². The van der Waals surface area contributed by atoms with Crippen molar-refractivity contribution in [3.8, 4) is 11.4 Å². The number of hydrogen-bond donors (Lipinski definition) is 1. The number of fused-ring (bicyclic) bond motifs is 1. The third kappa shape index (κ3) is 3.04. The van der Waals surface area contributed by atoms with Gasteiger partial charge in [0, 0.05) is 23.9 Å². The zero-order chi connectivity index (χ0) is 20.2. The summed E-state index contributed by atoms with van der Waals surface area (Å²) in [5, 5.41) is 6.67. The topological polar surface area (TPSA) is 85.3 Å². The standard InChI is InChI=1S/C20H15F2N5O2/c1-11-5-6-12(17-25-19(29-26-17)13-9-20(13,21)22)8-14(11)24-18(28)15-10-23-16-4-2-3-7-27(15)16/h2-8,10,13H,9H2,1H3,(H,24,28). The average molecular weight is 395 g/mol. The highest BCUT2D eigenvalue weighted by molar-refractivity contribution is 6.04. The third-order valence-corrected chi connectivity index (χ3v) is 4.96. The maximum absolute atomic E-state index is 13.2. The number of nitrogens with zero attached hydrogens (tertiary/aromatic N) is 4. The highest BCUT2D eigenvalue weighted by Gasteiger charge is 2.61. The lowest BCUT2D eigenvalue weighted by molar-refractivity contribution is 0.102. The molecule has 1 aromatic carbocycles. The van der Waals surface area contributed by atoms with Crippen molar-refractivity contribution in [3.05, 3.63) is 65.9 Å². The summed E-state index contributed by atoms with van der Waals surface area (Å²) in [6, 6.07) is 10.7. The van der Waals surface area contributed by atoms with Gasteiger partial charge in [-0.25, -0.2) is 13.8 Å². The van der Waals surface area contributed by atoms with Crippen LogP contribution in [-0.2, 0) is 0 Å². The Kier molecular flexibility index (Phi) is 3.73. The zero-order valence-electron chi connectivity index (χ0n) is 15.3. The monoisotopic (exact) mass is 395 g/mol. The Labute approximate surface area is 163 Å². The second-order valence-electron chi connectivity index (χ2n) is 7.03. The van der Waals surface area contributed by atoms with Gasteiger partial charge in [-0.1, -0.05) is 23.4 Å². The van der Waals surface area contributed by atoms with Gasteiger partial charge in [-0.15, -0.1) is 0 Å². The van der Waals surface area contributed by atoms with E-state index in [1.165, 1.54) is 6.20 Å². The second kappa shape index (κ2) is 6.20. The van der Waals surface area contributed by atoms with E-state index in [1.807, 2.05) is 19.1 Å². The number of hydrogen-bond acceptors (Lipinski definition) is 5. The first-order valence-electron chi connectivity index (χ1n) is 8.98. The van der Waals surface area contributed by atoms with Gasteiger partial charge in [0.1, 0.15) is 17.3 Å². The van der Waals surface area contributed by atoms with E-state index in [2.05, 4.69) is 20.4 Å². The summed E-state index contributed by atoms with van der Waals surface area (Å²) in [5.74, 6) is -3.97. The summed E-state index contributed by atoms with van der Waals surface area (Å²) in [5.41, 5.74) is 3.00. The van der Waals surface area contributed by atoms with Crippen molar-refractivity contribution in [3.63, 3.8) is 0 Å². The molecule has 5 rings (SSSR count). The van der Waals surface area contributed by atoms with E-state index in [1.54, 1.807) is 34.9 Å². The first-order chi connectivity index (χ1) is 13.9. The van der Waals surface area contributed by atoms with Crippen LogP contribution in [0.2, 0.25) is 0 Å². The summed E-state index contributed by atoms with van der Waals surface area (Å²) >= 11 is 0. The number of imidazole rings is 1. The smallest absolute Gasteiger partial charge is 0.274 e. The van der Waals surface area contributed by atoms with Crippen molar-refractivity contribution in [2.24, 2.45) is 0 Å². The predicted octanol–water partition coefficient (Wildman–Crippen LogP) is 4.07. The first-order valence-corrected chi connectivity index (χ1v) is 8.98. The SMILES string of the molecule is Cc1ccc(-c2noc(C3CC3(F)F)n2)cc1NC(=O)c1cnc2ccccn12. The van der Waals surface area contributed by atoms with Crippen LogP contribution in [0.4, 0.5) is 14.5 Å². The normalized spacial score (nSPS) is 17.4. The molecule has 1 amide bonds. The van der Waals surface area contributed by atoms with Crippen LogP contribution in [0, 0.1) is 6.92 Å². The van der Waals surface area contributed by atoms with Crippen LogP contribution in [0.5, 0.6) is 0 Å². The number of carbonyl (C=O) groups is 1. The average Bonchev–Trinajstić information content (AvgIpc) is 3.10. The van der Waals surface area contributed by atoms with Crippen molar-refractivity contribution in [2.75, 3.05) is 5.32 Å². The number of aryl methyl sites for hydroxylation is 1. The van der Waals surface area contributed by atoms with Gasteiger partial charge in [0.05, 0.1) is 6.20 Å². The van der Waals surface area contributed by atoms with E-state index in [0.717, 1.165) is 5.56 Å². The van der Waals surface area contributed by atoms with Gasteiger partial charge in [0.25, 0.3) is 11.8 Å². The van der Waals surface area contributed by atoms with Crippen molar-refractivity contribution < 1.29 is 18.1 Å². The Morgan fingerprint density at radius 1 is 1.31 bits per heavy atom. The minimum atomic E-state index is -2.77. The molecule has 3 heterocycles. The summed E-state index contributed by atoms with van der Waals surface area (Å²) in [6.45, 7) is 1.85. The molecular formula is C20H15F2N5O2. The van der Waals surface area contributed by atoms with Gasteiger partial charge in [0.2, 0.25) is 11.7 Å². The van der Waals surface area contributed by atoms with Crippen LogP contribution in [0.15, 0.2) is 53.3 Å². The van der Waals surface area contributed by atoms with Gasteiger partial charge in [-0.3, -0.25) is 9.20 Å². The van der Waals surface area contributed by atoms with Gasteiger partial charge >= 0.3 is 0 Å². The molecule has 0 radical (unpaired) electrons. The molecule has 29 heavy (non-hydrogen) atoms. The first kappa shape index (κ1) is 17.5. The molecule has 0 saturated heterocycles. The summed E-state index contributed by atoms with van der Waals surface area (Å²) in [7, 11) is 0. The Balaban J connectivity index is 1.42. The molecule has 1 aliphatic rings. The Morgan fingerprint density at radius 2 is 2.14 bits per heavy atom. The Morgan fingerprint density at radius 3 is 2.93 bits per heavy atom. The quantitative estimate of drug-likeness (QED) is 0.563. The van der Waals surface area contributed by atoms with Crippen LogP contribution < -0.4 is 5.32 Å². The zero-order valence-corrected chi connectivity index (χ0v) is 15.3. The van der Waals surface area contributed by atoms with Gasteiger partial charge in [-0.05, 0) is 30.7 Å². The lowest BCUT2D eigenvalue weighted by Crippen LogP contribution is -2.15. The van der Waals surface area contributed by atoms with Gasteiger partial charge in [-0.2, -0.15) is 4.98 Å². The van der Waals surface area contributed by atoms with Gasteiger partial charge < -0.3 is 9.84 Å². The molecule has 146 valence electrons. The van der Waals surface area contributed by atoms with Gasteiger partial charge in [0.15, 0.2) is 0 Å². The fourth-order valence-electron chi connectivity index (χ4n) is 3.16. The minimum absolute atomic E-state index is 0.0677. The number of amides is 1. The van der Waals surface area contributed by atoms with Crippen LogP contribution in [0.1, 0.15) is 34.3 Å². The fourth-order valence-corrected chi connectivity index (χ4v) is 3.16. The maximum atomic E-state index is 13.2. The lowest BCUT2D eigenvalue weighted by Gasteiger charge is -2.09. The molecule has 4 aromatic rings. The largest absolute Gasteiger partial charge is 0.338 e. The van der Waals surface area contributed by atoms with Crippen LogP contribution >= 0.6 is 0 Å². The highest BCUT2D eigenvalue weighted by Crippen LogP contribution is 2.55. The van der Waals surface area contributed by atoms with E-state index < -0.39 is 11.8 Å². The van der Waals surface area contributed by atoms with E-state index in [9.17, 15) is 13.6 Å². The summed E-state index contributed by atoms with van der Waals surface area (Å²) in [4.78, 5) is 21.1. The molecular weight excluding hydrogens is 380 g/mol. The highest BCUT2D eigenvalue weighted by atomic mass is 19.3. The number of rotatable bonds is 4. The van der Waals surface area contributed by atoms with Crippen LogP contribution in [0.25, 0.3) is 17.0 Å². The van der Waals surface area contributed by atoms with Crippen molar-refractivity contribution in [1.29, 1.82) is 0 Å². The second-order valence-corrected chi connectivity index (χ2v) is 7.03. The van der Waals surface area contributed by atoms with E-state index in [4.69, 9.17) is 4.52 Å². The molecule has 1 unspecified atom stereocenters. The molecule has 1 fully saturated rings. The molecule has 0 bridgehead atoms. The number of aromatic nitrogens is 4. The number of benzene rings is 1. The molecule has 1 N–H and O–H groups in total. The summed E-state index contributed by atoms with van der Waals surface area (Å²) in [6.07, 6.45) is 2.99. The molecule has 0 spiro atoms. The maximum Gasteiger partial charge on any atom is 0.274 e. The molecule has 0 aliphatic heterocycles. The van der Waals surface area contributed by atoms with E-state index >= 15 is 0 Å². The molecule has 3 aromatic heterocycles. The molecule has 1 aliphatic carbocycles. The van der Waals surface area contributed by atoms with Crippen molar-refractivity contribution in [1.82, 2.24) is 19.5 Å². The van der Waals surface area contributed by atoms with E-state index in [0.29, 0.717) is 22.6 Å². The van der Waals surface area contributed by atoms with Crippen LogP contribution in [-0.4, -0.2) is 31.4 Å². The molecule has 7 nitrogen and oxygen atoms in total. The van der Waals surface area contributed by atoms with Crippen LogP contribution in [0.3, 0.4) is 0 Å². The number of anilines is 1. The fraction of sp³-hybridized carbons (Fsp3) is 0.200.